The summed E-state index contributed by atoms with van der Waals surface area (Å²) in [4.78, 5) is 0. The summed E-state index contributed by atoms with van der Waals surface area (Å²) in [6.45, 7) is 9.13. The fourth-order valence-electron chi connectivity index (χ4n) is 2.35. The Morgan fingerprint density at radius 2 is 1.84 bits per heavy atom. The lowest BCUT2D eigenvalue weighted by molar-refractivity contribution is 0.267. The third-order valence-electron chi connectivity index (χ3n) is 3.81. The highest BCUT2D eigenvalue weighted by Gasteiger charge is 2.30. The van der Waals surface area contributed by atoms with Crippen molar-refractivity contribution < 1.29 is 8.42 Å². The first-order valence-electron chi connectivity index (χ1n) is 7.33. The van der Waals surface area contributed by atoms with Crippen LogP contribution in [0.3, 0.4) is 0 Å². The molecule has 0 unspecified atom stereocenters. The van der Waals surface area contributed by atoms with Crippen LogP contribution in [-0.4, -0.2) is 56.3 Å². The smallest absolute Gasteiger partial charge is 0.281 e. The maximum atomic E-state index is 12.6. The van der Waals surface area contributed by atoms with E-state index in [0.29, 0.717) is 19.0 Å². The Kier molecular flexibility index (Phi) is 6.73. The third kappa shape index (κ3) is 4.70. The van der Waals surface area contributed by atoms with Gasteiger partial charge in [0.15, 0.2) is 0 Å². The van der Waals surface area contributed by atoms with Crippen molar-refractivity contribution in [1.29, 1.82) is 0 Å². The van der Waals surface area contributed by atoms with Gasteiger partial charge < -0.3 is 5.32 Å². The van der Waals surface area contributed by atoms with Gasteiger partial charge in [-0.2, -0.15) is 17.0 Å². The average molecular weight is 291 g/mol. The highest BCUT2D eigenvalue weighted by atomic mass is 32.2. The highest BCUT2D eigenvalue weighted by molar-refractivity contribution is 7.86. The normalized spacial score (nSPS) is 18.7. The Balaban J connectivity index is 2.74. The van der Waals surface area contributed by atoms with Gasteiger partial charge in [-0.1, -0.05) is 6.92 Å². The van der Waals surface area contributed by atoms with E-state index in [9.17, 15) is 8.42 Å². The summed E-state index contributed by atoms with van der Waals surface area (Å²) in [6, 6.07) is -0.00243. The summed E-state index contributed by atoms with van der Waals surface area (Å²) in [6.07, 6.45) is 3.00. The summed E-state index contributed by atoms with van der Waals surface area (Å²) in [7, 11) is -1.64. The standard InChI is InChI=1S/C13H29N3O2S/c1-5-10-16(11-13-6-8-14-9-7-13)19(17,18)15(4)12(2)3/h12-14H,5-11H2,1-4H3. The molecule has 114 valence electrons. The minimum atomic E-state index is -3.32. The summed E-state index contributed by atoms with van der Waals surface area (Å²) in [5, 5.41) is 3.32. The predicted octanol–water partition coefficient (Wildman–Crippen LogP) is 1.28. The molecule has 1 heterocycles. The van der Waals surface area contributed by atoms with Crippen LogP contribution < -0.4 is 5.32 Å². The maximum absolute atomic E-state index is 12.6. The predicted molar refractivity (Wildman–Crippen MR) is 79.3 cm³/mol. The third-order valence-corrected chi connectivity index (χ3v) is 5.94. The van der Waals surface area contributed by atoms with Crippen LogP contribution in [0.5, 0.6) is 0 Å². The van der Waals surface area contributed by atoms with Crippen LogP contribution in [0.4, 0.5) is 0 Å². The molecule has 0 amide bonds. The van der Waals surface area contributed by atoms with Gasteiger partial charge in [-0.3, -0.25) is 0 Å². The van der Waals surface area contributed by atoms with Crippen molar-refractivity contribution in [2.24, 2.45) is 5.92 Å². The fraction of sp³-hybridized carbons (Fsp3) is 1.00. The Labute approximate surface area is 118 Å². The summed E-state index contributed by atoms with van der Waals surface area (Å²) in [5.74, 6) is 0.489. The van der Waals surface area contributed by atoms with Gasteiger partial charge in [0.05, 0.1) is 0 Å². The van der Waals surface area contributed by atoms with E-state index in [4.69, 9.17) is 0 Å². The number of nitrogens with zero attached hydrogens (tertiary/aromatic N) is 2. The van der Waals surface area contributed by atoms with Crippen LogP contribution in [0.1, 0.15) is 40.0 Å². The van der Waals surface area contributed by atoms with Gasteiger partial charge in [-0.25, -0.2) is 0 Å². The Bertz CT molecular complexity index is 351. The Hall–Kier alpha value is -0.170. The van der Waals surface area contributed by atoms with E-state index in [2.05, 4.69) is 5.32 Å². The Morgan fingerprint density at radius 3 is 2.32 bits per heavy atom. The van der Waals surface area contributed by atoms with Crippen molar-refractivity contribution in [2.45, 2.75) is 46.1 Å². The fourth-order valence-corrected chi connectivity index (χ4v) is 4.06. The molecule has 19 heavy (non-hydrogen) atoms. The minimum absolute atomic E-state index is 0.00243. The molecular weight excluding hydrogens is 262 g/mol. The van der Waals surface area contributed by atoms with Crippen molar-refractivity contribution in [3.8, 4) is 0 Å². The van der Waals surface area contributed by atoms with E-state index in [1.165, 1.54) is 4.31 Å². The lowest BCUT2D eigenvalue weighted by atomic mass is 9.98. The largest absolute Gasteiger partial charge is 0.317 e. The monoisotopic (exact) mass is 291 g/mol. The lowest BCUT2D eigenvalue weighted by Crippen LogP contribution is -2.47. The number of nitrogens with one attached hydrogen (secondary N) is 1. The molecule has 0 aromatic rings. The molecule has 0 bridgehead atoms. The quantitative estimate of drug-likeness (QED) is 0.769. The van der Waals surface area contributed by atoms with Crippen LogP contribution >= 0.6 is 0 Å². The summed E-state index contributed by atoms with van der Waals surface area (Å²) < 4.78 is 28.3. The van der Waals surface area contributed by atoms with Gasteiger partial charge in [0, 0.05) is 26.2 Å². The second-order valence-corrected chi connectivity index (χ2v) is 7.66. The SMILES string of the molecule is CCCN(CC1CCNCC1)S(=O)(=O)N(C)C(C)C. The number of rotatable bonds is 7. The van der Waals surface area contributed by atoms with E-state index < -0.39 is 10.2 Å². The van der Waals surface area contributed by atoms with Gasteiger partial charge in [-0.15, -0.1) is 0 Å². The first-order valence-corrected chi connectivity index (χ1v) is 8.73. The van der Waals surface area contributed by atoms with E-state index in [-0.39, 0.29) is 6.04 Å². The van der Waals surface area contributed by atoms with Crippen molar-refractivity contribution in [3.05, 3.63) is 0 Å². The number of hydrogen-bond donors (Lipinski definition) is 1. The van der Waals surface area contributed by atoms with Gasteiger partial charge in [0.1, 0.15) is 0 Å². The molecule has 5 nitrogen and oxygen atoms in total. The van der Waals surface area contributed by atoms with E-state index >= 15 is 0 Å². The minimum Gasteiger partial charge on any atom is -0.317 e. The molecule has 1 fully saturated rings. The first-order chi connectivity index (χ1) is 8.89. The zero-order valence-corrected chi connectivity index (χ0v) is 13.5. The van der Waals surface area contributed by atoms with Crippen LogP contribution in [0.25, 0.3) is 0 Å². The van der Waals surface area contributed by atoms with Crippen molar-refractivity contribution >= 4 is 10.2 Å². The molecule has 1 N–H and O–H groups in total. The number of hydrogen-bond acceptors (Lipinski definition) is 3. The number of piperidine rings is 1. The molecule has 1 rings (SSSR count). The molecule has 0 spiro atoms. The van der Waals surface area contributed by atoms with Crippen molar-refractivity contribution in [3.63, 3.8) is 0 Å². The zero-order valence-electron chi connectivity index (χ0n) is 12.7. The van der Waals surface area contributed by atoms with Crippen LogP contribution in [0.2, 0.25) is 0 Å². The van der Waals surface area contributed by atoms with E-state index in [1.807, 2.05) is 20.8 Å². The molecule has 0 aromatic carbocycles. The van der Waals surface area contributed by atoms with Gasteiger partial charge in [0.2, 0.25) is 0 Å². The van der Waals surface area contributed by atoms with Gasteiger partial charge in [-0.05, 0) is 52.1 Å². The molecule has 1 aliphatic rings. The van der Waals surface area contributed by atoms with Crippen LogP contribution in [0.15, 0.2) is 0 Å². The van der Waals surface area contributed by atoms with E-state index in [0.717, 1.165) is 32.4 Å². The van der Waals surface area contributed by atoms with Crippen molar-refractivity contribution in [2.75, 3.05) is 33.2 Å². The zero-order chi connectivity index (χ0) is 14.5. The second kappa shape index (κ2) is 7.57. The van der Waals surface area contributed by atoms with Crippen molar-refractivity contribution in [1.82, 2.24) is 13.9 Å². The molecular formula is C13H29N3O2S. The highest BCUT2D eigenvalue weighted by Crippen LogP contribution is 2.18. The van der Waals surface area contributed by atoms with Gasteiger partial charge in [0.25, 0.3) is 10.2 Å². The summed E-state index contributed by atoms with van der Waals surface area (Å²) in [5.41, 5.74) is 0. The molecule has 1 aliphatic heterocycles. The lowest BCUT2D eigenvalue weighted by Gasteiger charge is -2.33. The van der Waals surface area contributed by atoms with Crippen LogP contribution in [0, 0.1) is 5.92 Å². The van der Waals surface area contributed by atoms with Gasteiger partial charge >= 0.3 is 0 Å². The molecule has 0 saturated carbocycles. The molecule has 0 atom stereocenters. The molecule has 0 aromatic heterocycles. The second-order valence-electron chi connectivity index (χ2n) is 5.67. The topological polar surface area (TPSA) is 52.7 Å². The van der Waals surface area contributed by atoms with Crippen LogP contribution in [-0.2, 0) is 10.2 Å². The molecule has 6 heteroatoms. The molecule has 0 aliphatic carbocycles. The Morgan fingerprint density at radius 1 is 1.26 bits per heavy atom. The van der Waals surface area contributed by atoms with E-state index in [1.54, 1.807) is 11.4 Å². The first kappa shape index (κ1) is 16.9. The average Bonchev–Trinajstić information content (AvgIpc) is 2.38. The maximum Gasteiger partial charge on any atom is 0.281 e. The summed E-state index contributed by atoms with van der Waals surface area (Å²) >= 11 is 0. The molecule has 0 radical (unpaired) electrons. The molecule has 1 saturated heterocycles.